The Kier molecular flexibility index (Phi) is 4.44. The van der Waals surface area contributed by atoms with Crippen LogP contribution in [0.4, 0.5) is 0 Å². The van der Waals surface area contributed by atoms with E-state index in [9.17, 15) is 0 Å². The van der Waals surface area contributed by atoms with Gasteiger partial charge in [-0.15, -0.1) is 11.3 Å². The number of hydrogen-bond donors (Lipinski definition) is 1. The minimum absolute atomic E-state index is 0.311. The van der Waals surface area contributed by atoms with Crippen molar-refractivity contribution in [2.24, 2.45) is 0 Å². The van der Waals surface area contributed by atoms with Gasteiger partial charge in [-0.2, -0.15) is 0 Å². The third-order valence-corrected chi connectivity index (χ3v) is 4.54. The van der Waals surface area contributed by atoms with E-state index in [-0.39, 0.29) is 0 Å². The van der Waals surface area contributed by atoms with Gasteiger partial charge in [-0.1, -0.05) is 23.7 Å². The third-order valence-electron chi connectivity index (χ3n) is 3.15. The van der Waals surface area contributed by atoms with Gasteiger partial charge in [0.15, 0.2) is 0 Å². The molecule has 0 amide bonds. The first kappa shape index (κ1) is 13.6. The highest BCUT2D eigenvalue weighted by Gasteiger charge is 2.07. The Bertz CT molecular complexity index is 514. The van der Waals surface area contributed by atoms with E-state index >= 15 is 0 Å². The second-order valence-corrected chi connectivity index (χ2v) is 6.39. The van der Waals surface area contributed by atoms with E-state index in [1.807, 2.05) is 29.5 Å². The van der Waals surface area contributed by atoms with Gasteiger partial charge in [0.1, 0.15) is 0 Å². The number of nitrogens with one attached hydrogen (secondary N) is 1. The van der Waals surface area contributed by atoms with E-state index in [1.165, 1.54) is 20.9 Å². The van der Waals surface area contributed by atoms with Crippen LogP contribution in [0.25, 0.3) is 0 Å². The number of aryl methyl sites for hydroxylation is 2. The SMILES string of the molecule is Cc1cc(CNC(C)c2cccc(Cl)c2)sc1C. The Hall–Kier alpha value is -0.830. The molecule has 0 spiro atoms. The molecule has 96 valence electrons. The Morgan fingerprint density at radius 2 is 2.06 bits per heavy atom. The van der Waals surface area contributed by atoms with Crippen LogP contribution in [0, 0.1) is 13.8 Å². The average molecular weight is 280 g/mol. The van der Waals surface area contributed by atoms with Gasteiger partial charge in [-0.05, 0) is 50.1 Å². The summed E-state index contributed by atoms with van der Waals surface area (Å²) in [7, 11) is 0. The molecule has 18 heavy (non-hydrogen) atoms. The lowest BCUT2D eigenvalue weighted by Crippen LogP contribution is -2.17. The van der Waals surface area contributed by atoms with Crippen LogP contribution in [0.15, 0.2) is 30.3 Å². The fraction of sp³-hybridized carbons (Fsp3) is 0.333. The molecule has 2 rings (SSSR count). The Balaban J connectivity index is 1.98. The molecule has 0 aliphatic rings. The molecule has 1 atom stereocenters. The van der Waals surface area contributed by atoms with Crippen LogP contribution in [-0.2, 0) is 6.54 Å². The molecule has 3 heteroatoms. The topological polar surface area (TPSA) is 12.0 Å². The summed E-state index contributed by atoms with van der Waals surface area (Å²) in [6.45, 7) is 7.41. The monoisotopic (exact) mass is 279 g/mol. The van der Waals surface area contributed by atoms with E-state index in [0.29, 0.717) is 6.04 Å². The predicted octanol–water partition coefficient (Wildman–Crippen LogP) is 4.87. The van der Waals surface area contributed by atoms with Crippen molar-refractivity contribution in [1.29, 1.82) is 0 Å². The molecule has 0 radical (unpaired) electrons. The van der Waals surface area contributed by atoms with Crippen molar-refractivity contribution in [3.05, 3.63) is 56.2 Å². The molecule has 0 saturated heterocycles. The molecular weight excluding hydrogens is 262 g/mol. The first-order valence-electron chi connectivity index (χ1n) is 6.11. The summed E-state index contributed by atoms with van der Waals surface area (Å²) in [6.07, 6.45) is 0. The molecule has 0 aliphatic heterocycles. The standard InChI is InChI=1S/C15H18ClNS/c1-10-7-15(18-12(10)3)9-17-11(2)13-5-4-6-14(16)8-13/h4-8,11,17H,9H2,1-3H3. The summed E-state index contributed by atoms with van der Waals surface area (Å²) in [5, 5.41) is 4.33. The van der Waals surface area contributed by atoms with Gasteiger partial charge < -0.3 is 5.32 Å². The highest BCUT2D eigenvalue weighted by Crippen LogP contribution is 2.22. The molecule has 1 unspecified atom stereocenters. The highest BCUT2D eigenvalue weighted by molar-refractivity contribution is 7.12. The Morgan fingerprint density at radius 1 is 1.28 bits per heavy atom. The quantitative estimate of drug-likeness (QED) is 0.842. The first-order valence-corrected chi connectivity index (χ1v) is 7.30. The average Bonchev–Trinajstić information content (AvgIpc) is 2.66. The number of halogens is 1. The summed E-state index contributed by atoms with van der Waals surface area (Å²) in [5.41, 5.74) is 2.61. The van der Waals surface area contributed by atoms with Gasteiger partial charge in [-0.3, -0.25) is 0 Å². The van der Waals surface area contributed by atoms with E-state index in [1.54, 1.807) is 0 Å². The van der Waals surface area contributed by atoms with Crippen LogP contribution in [0.5, 0.6) is 0 Å². The first-order chi connectivity index (χ1) is 8.56. The summed E-state index contributed by atoms with van der Waals surface area (Å²) in [4.78, 5) is 2.79. The Morgan fingerprint density at radius 3 is 2.67 bits per heavy atom. The molecule has 0 bridgehead atoms. The molecule has 0 saturated carbocycles. The van der Waals surface area contributed by atoms with Gasteiger partial charge in [0.25, 0.3) is 0 Å². The van der Waals surface area contributed by atoms with E-state index in [0.717, 1.165) is 11.6 Å². The van der Waals surface area contributed by atoms with Gasteiger partial charge in [0, 0.05) is 27.4 Å². The van der Waals surface area contributed by atoms with E-state index in [4.69, 9.17) is 11.6 Å². The van der Waals surface area contributed by atoms with Crippen molar-refractivity contribution in [2.75, 3.05) is 0 Å². The van der Waals surface area contributed by atoms with Gasteiger partial charge in [0.05, 0.1) is 0 Å². The molecule has 1 nitrogen and oxygen atoms in total. The second-order valence-electron chi connectivity index (χ2n) is 4.61. The lowest BCUT2D eigenvalue weighted by molar-refractivity contribution is 0.579. The highest BCUT2D eigenvalue weighted by atomic mass is 35.5. The zero-order valence-electron chi connectivity index (χ0n) is 11.0. The van der Waals surface area contributed by atoms with Gasteiger partial charge in [-0.25, -0.2) is 0 Å². The van der Waals surface area contributed by atoms with Crippen LogP contribution in [0.1, 0.15) is 33.8 Å². The van der Waals surface area contributed by atoms with Crippen LogP contribution in [0.2, 0.25) is 5.02 Å². The maximum Gasteiger partial charge on any atom is 0.0409 e. The molecule has 0 fully saturated rings. The number of rotatable bonds is 4. The Labute approximate surface area is 118 Å². The van der Waals surface area contributed by atoms with Gasteiger partial charge in [0.2, 0.25) is 0 Å². The van der Waals surface area contributed by atoms with Crippen molar-refractivity contribution in [2.45, 2.75) is 33.4 Å². The third kappa shape index (κ3) is 3.35. The number of thiophene rings is 1. The normalized spacial score (nSPS) is 12.7. The maximum atomic E-state index is 6.00. The fourth-order valence-corrected chi connectivity index (χ4v) is 3.09. The zero-order valence-corrected chi connectivity index (χ0v) is 12.5. The molecular formula is C15H18ClNS. The molecule has 1 aromatic carbocycles. The zero-order chi connectivity index (χ0) is 13.1. The molecule has 1 N–H and O–H groups in total. The van der Waals surface area contributed by atoms with Crippen LogP contribution in [0.3, 0.4) is 0 Å². The molecule has 1 aromatic heterocycles. The number of benzene rings is 1. The number of hydrogen-bond acceptors (Lipinski definition) is 2. The van der Waals surface area contributed by atoms with Crippen molar-refractivity contribution >= 4 is 22.9 Å². The predicted molar refractivity (Wildman–Crippen MR) is 80.5 cm³/mol. The summed E-state index contributed by atoms with van der Waals surface area (Å²) < 4.78 is 0. The summed E-state index contributed by atoms with van der Waals surface area (Å²) >= 11 is 7.87. The van der Waals surface area contributed by atoms with Crippen molar-refractivity contribution < 1.29 is 0 Å². The van der Waals surface area contributed by atoms with Gasteiger partial charge >= 0.3 is 0 Å². The van der Waals surface area contributed by atoms with Crippen LogP contribution >= 0.6 is 22.9 Å². The minimum Gasteiger partial charge on any atom is -0.305 e. The second kappa shape index (κ2) is 5.87. The lowest BCUT2D eigenvalue weighted by atomic mass is 10.1. The smallest absolute Gasteiger partial charge is 0.0409 e. The summed E-state index contributed by atoms with van der Waals surface area (Å²) in [6, 6.07) is 10.6. The minimum atomic E-state index is 0.311. The van der Waals surface area contributed by atoms with Crippen molar-refractivity contribution in [1.82, 2.24) is 5.32 Å². The van der Waals surface area contributed by atoms with Crippen LogP contribution in [-0.4, -0.2) is 0 Å². The fourth-order valence-electron chi connectivity index (χ4n) is 1.88. The van der Waals surface area contributed by atoms with Crippen molar-refractivity contribution in [3.8, 4) is 0 Å². The van der Waals surface area contributed by atoms with Crippen molar-refractivity contribution in [3.63, 3.8) is 0 Å². The van der Waals surface area contributed by atoms with E-state index in [2.05, 4.69) is 38.2 Å². The largest absolute Gasteiger partial charge is 0.305 e. The molecule has 2 aromatic rings. The van der Waals surface area contributed by atoms with Crippen LogP contribution < -0.4 is 5.32 Å². The molecule has 0 aliphatic carbocycles. The molecule has 1 heterocycles. The maximum absolute atomic E-state index is 6.00. The summed E-state index contributed by atoms with van der Waals surface area (Å²) in [5.74, 6) is 0. The lowest BCUT2D eigenvalue weighted by Gasteiger charge is -2.13. The van der Waals surface area contributed by atoms with E-state index < -0.39 is 0 Å².